The molecule has 0 spiro atoms. The highest BCUT2D eigenvalue weighted by Crippen LogP contribution is 2.14. The van der Waals surface area contributed by atoms with Crippen molar-refractivity contribution in [2.45, 2.75) is 25.3 Å². The van der Waals surface area contributed by atoms with Crippen LogP contribution >= 0.6 is 0 Å². The second-order valence-corrected chi connectivity index (χ2v) is 5.00. The van der Waals surface area contributed by atoms with Crippen molar-refractivity contribution in [1.29, 1.82) is 0 Å². The van der Waals surface area contributed by atoms with Gasteiger partial charge < -0.3 is 15.2 Å². The molecule has 2 atom stereocenters. The van der Waals surface area contributed by atoms with Gasteiger partial charge in [0.1, 0.15) is 6.04 Å². The van der Waals surface area contributed by atoms with Crippen LogP contribution in [0.5, 0.6) is 0 Å². The van der Waals surface area contributed by atoms with Gasteiger partial charge in [0, 0.05) is 13.0 Å². The normalized spacial score (nSPS) is 20.1. The number of carboxylic acids is 1. The van der Waals surface area contributed by atoms with E-state index in [2.05, 4.69) is 5.32 Å². The van der Waals surface area contributed by atoms with Gasteiger partial charge in [-0.1, -0.05) is 30.3 Å². The van der Waals surface area contributed by atoms with Gasteiger partial charge in [-0.2, -0.15) is 0 Å². The summed E-state index contributed by atoms with van der Waals surface area (Å²) in [7, 11) is 0. The second-order valence-electron chi connectivity index (χ2n) is 5.00. The maximum atomic E-state index is 12.0. The van der Waals surface area contributed by atoms with E-state index in [1.165, 1.54) is 0 Å². The Morgan fingerprint density at radius 3 is 2.70 bits per heavy atom. The third-order valence-electron chi connectivity index (χ3n) is 3.43. The molecule has 5 nitrogen and oxygen atoms in total. The van der Waals surface area contributed by atoms with Gasteiger partial charge >= 0.3 is 5.97 Å². The molecule has 0 aliphatic carbocycles. The molecule has 1 amide bonds. The van der Waals surface area contributed by atoms with E-state index in [0.717, 1.165) is 18.4 Å². The van der Waals surface area contributed by atoms with Crippen LogP contribution in [-0.2, 0) is 20.7 Å². The summed E-state index contributed by atoms with van der Waals surface area (Å²) in [5.74, 6) is -1.48. The van der Waals surface area contributed by atoms with E-state index in [0.29, 0.717) is 13.2 Å². The fourth-order valence-corrected chi connectivity index (χ4v) is 2.29. The summed E-state index contributed by atoms with van der Waals surface area (Å²) in [6.07, 6.45) is 1.88. The number of carbonyl (C=O) groups is 2. The van der Waals surface area contributed by atoms with Crippen LogP contribution in [-0.4, -0.2) is 36.2 Å². The molecule has 1 unspecified atom stereocenters. The molecule has 1 aromatic carbocycles. The lowest BCUT2D eigenvalue weighted by atomic mass is 10.00. The molecule has 1 aromatic rings. The Labute approximate surface area is 117 Å². The lowest BCUT2D eigenvalue weighted by molar-refractivity contribution is -0.143. The molecule has 0 bridgehead atoms. The van der Waals surface area contributed by atoms with Crippen molar-refractivity contribution in [1.82, 2.24) is 5.32 Å². The van der Waals surface area contributed by atoms with Crippen LogP contribution in [0.15, 0.2) is 30.3 Å². The van der Waals surface area contributed by atoms with Crippen LogP contribution in [0.4, 0.5) is 0 Å². The number of amides is 1. The van der Waals surface area contributed by atoms with Gasteiger partial charge in [0.2, 0.25) is 5.91 Å². The quantitative estimate of drug-likeness (QED) is 0.848. The standard InChI is InChI=1S/C15H19NO4/c17-14(12-7-4-8-20-10-12)16-13(15(18)19)9-11-5-2-1-3-6-11/h1-3,5-6,12-13H,4,7-10H2,(H,16,17)(H,18,19)/t12?,13-/m1/s1. The first-order valence-corrected chi connectivity index (χ1v) is 6.81. The number of carboxylic acid groups (broad SMARTS) is 1. The number of carbonyl (C=O) groups excluding carboxylic acids is 1. The highest BCUT2D eigenvalue weighted by molar-refractivity contribution is 5.85. The molecular formula is C15H19NO4. The predicted molar refractivity (Wildman–Crippen MR) is 73.3 cm³/mol. The van der Waals surface area contributed by atoms with Gasteiger partial charge in [-0.3, -0.25) is 4.79 Å². The van der Waals surface area contributed by atoms with Crippen molar-refractivity contribution in [3.8, 4) is 0 Å². The number of benzene rings is 1. The summed E-state index contributed by atoms with van der Waals surface area (Å²) in [6, 6.07) is 8.39. The van der Waals surface area contributed by atoms with E-state index in [1.54, 1.807) is 0 Å². The van der Waals surface area contributed by atoms with Crippen LogP contribution in [0.2, 0.25) is 0 Å². The van der Waals surface area contributed by atoms with Gasteiger partial charge in [0.25, 0.3) is 0 Å². The van der Waals surface area contributed by atoms with E-state index in [-0.39, 0.29) is 18.2 Å². The van der Waals surface area contributed by atoms with Gasteiger partial charge in [0.15, 0.2) is 0 Å². The third-order valence-corrected chi connectivity index (χ3v) is 3.43. The zero-order valence-electron chi connectivity index (χ0n) is 11.2. The first-order valence-electron chi connectivity index (χ1n) is 6.81. The molecule has 2 rings (SSSR count). The molecular weight excluding hydrogens is 258 g/mol. The van der Waals surface area contributed by atoms with E-state index >= 15 is 0 Å². The van der Waals surface area contributed by atoms with Crippen molar-refractivity contribution >= 4 is 11.9 Å². The molecule has 20 heavy (non-hydrogen) atoms. The van der Waals surface area contributed by atoms with Gasteiger partial charge in [-0.15, -0.1) is 0 Å². The third kappa shape index (κ3) is 4.06. The summed E-state index contributed by atoms with van der Waals surface area (Å²) in [5.41, 5.74) is 0.889. The Kier molecular flexibility index (Phi) is 5.12. The number of hydrogen-bond acceptors (Lipinski definition) is 3. The molecule has 1 aliphatic heterocycles. The average Bonchev–Trinajstić information content (AvgIpc) is 2.48. The van der Waals surface area contributed by atoms with Crippen LogP contribution in [0.1, 0.15) is 18.4 Å². The topological polar surface area (TPSA) is 75.6 Å². The van der Waals surface area contributed by atoms with Crippen LogP contribution in [0.25, 0.3) is 0 Å². The maximum absolute atomic E-state index is 12.0. The lowest BCUT2D eigenvalue weighted by Gasteiger charge is -2.23. The van der Waals surface area contributed by atoms with Gasteiger partial charge in [-0.05, 0) is 18.4 Å². The maximum Gasteiger partial charge on any atom is 0.326 e. The van der Waals surface area contributed by atoms with Crippen LogP contribution < -0.4 is 5.32 Å². The van der Waals surface area contributed by atoms with E-state index in [4.69, 9.17) is 4.74 Å². The molecule has 1 aliphatic rings. The van der Waals surface area contributed by atoms with E-state index in [9.17, 15) is 14.7 Å². The zero-order valence-corrected chi connectivity index (χ0v) is 11.2. The minimum atomic E-state index is -1.01. The Morgan fingerprint density at radius 1 is 1.35 bits per heavy atom. The van der Waals surface area contributed by atoms with Crippen LogP contribution in [0.3, 0.4) is 0 Å². The highest BCUT2D eigenvalue weighted by Gasteiger charge is 2.26. The van der Waals surface area contributed by atoms with Crippen LogP contribution in [0, 0.1) is 5.92 Å². The average molecular weight is 277 g/mol. The first kappa shape index (κ1) is 14.5. The number of rotatable bonds is 5. The van der Waals surface area contributed by atoms with Crippen molar-refractivity contribution in [3.05, 3.63) is 35.9 Å². The molecule has 5 heteroatoms. The molecule has 2 N–H and O–H groups in total. The molecule has 0 saturated carbocycles. The fraction of sp³-hybridized carbons (Fsp3) is 0.467. The summed E-state index contributed by atoms with van der Waals surface area (Å²) in [5, 5.41) is 11.9. The Morgan fingerprint density at radius 2 is 2.10 bits per heavy atom. The number of ether oxygens (including phenoxy) is 1. The summed E-state index contributed by atoms with van der Waals surface area (Å²) in [4.78, 5) is 23.3. The molecule has 1 saturated heterocycles. The monoisotopic (exact) mass is 277 g/mol. The molecule has 108 valence electrons. The number of aliphatic carboxylic acids is 1. The first-order chi connectivity index (χ1) is 9.66. The minimum Gasteiger partial charge on any atom is -0.480 e. The number of nitrogens with one attached hydrogen (secondary N) is 1. The smallest absolute Gasteiger partial charge is 0.326 e. The Hall–Kier alpha value is -1.88. The Balaban J connectivity index is 1.95. The molecule has 0 radical (unpaired) electrons. The van der Waals surface area contributed by atoms with Crippen molar-refractivity contribution < 1.29 is 19.4 Å². The predicted octanol–water partition coefficient (Wildman–Crippen LogP) is 1.23. The summed E-state index contributed by atoms with van der Waals surface area (Å²) >= 11 is 0. The second kappa shape index (κ2) is 7.05. The SMILES string of the molecule is O=C(N[C@H](Cc1ccccc1)C(=O)O)C1CCCOC1. The van der Waals surface area contributed by atoms with E-state index < -0.39 is 12.0 Å². The summed E-state index contributed by atoms with van der Waals surface area (Å²) in [6.45, 7) is 1.06. The highest BCUT2D eigenvalue weighted by atomic mass is 16.5. The van der Waals surface area contributed by atoms with Gasteiger partial charge in [-0.25, -0.2) is 4.79 Å². The lowest BCUT2D eigenvalue weighted by Crippen LogP contribution is -2.46. The zero-order chi connectivity index (χ0) is 14.4. The fourth-order valence-electron chi connectivity index (χ4n) is 2.29. The van der Waals surface area contributed by atoms with Crippen molar-refractivity contribution in [2.24, 2.45) is 5.92 Å². The molecule has 1 fully saturated rings. The van der Waals surface area contributed by atoms with E-state index in [1.807, 2.05) is 30.3 Å². The summed E-state index contributed by atoms with van der Waals surface area (Å²) < 4.78 is 5.26. The van der Waals surface area contributed by atoms with Crippen molar-refractivity contribution in [3.63, 3.8) is 0 Å². The van der Waals surface area contributed by atoms with Gasteiger partial charge in [0.05, 0.1) is 12.5 Å². The van der Waals surface area contributed by atoms with Crippen molar-refractivity contribution in [2.75, 3.05) is 13.2 Å². The Bertz CT molecular complexity index is 454. The molecule has 1 heterocycles. The number of hydrogen-bond donors (Lipinski definition) is 2. The minimum absolute atomic E-state index is 0.229. The largest absolute Gasteiger partial charge is 0.480 e. The molecule has 0 aromatic heterocycles.